The van der Waals surface area contributed by atoms with Gasteiger partial charge in [-0.25, -0.2) is 4.79 Å². The molecule has 0 aliphatic heterocycles. The van der Waals surface area contributed by atoms with Crippen molar-refractivity contribution in [2.24, 2.45) is 5.73 Å². The van der Waals surface area contributed by atoms with Crippen molar-refractivity contribution in [3.8, 4) is 0 Å². The number of aromatic nitrogens is 1. The fourth-order valence-corrected chi connectivity index (χ4v) is 1.56. The first-order valence-electron chi connectivity index (χ1n) is 5.93. The zero-order chi connectivity index (χ0) is 16.8. The third-order valence-electron chi connectivity index (χ3n) is 2.54. The number of nitrogens with two attached hydrogens (primary N) is 1. The van der Waals surface area contributed by atoms with Crippen molar-refractivity contribution >= 4 is 17.6 Å². The number of carboxylic acid groups (broad SMARTS) is 1. The molecule has 22 heavy (non-hydrogen) atoms. The number of carboxylic acids is 1. The van der Waals surface area contributed by atoms with Crippen molar-refractivity contribution in [2.45, 2.75) is 12.2 Å². The lowest BCUT2D eigenvalue weighted by molar-refractivity contribution is -0.192. The Morgan fingerprint density at radius 3 is 1.91 bits per heavy atom. The molecule has 0 amide bonds. The summed E-state index contributed by atoms with van der Waals surface area (Å²) in [5.74, 6) is -2.76. The Morgan fingerprint density at radius 2 is 1.50 bits per heavy atom. The van der Waals surface area contributed by atoms with Crippen molar-refractivity contribution in [2.75, 3.05) is 0 Å². The first kappa shape index (κ1) is 17.9. The first-order valence-corrected chi connectivity index (χ1v) is 6.30. The predicted molar refractivity (Wildman–Crippen MR) is 75.4 cm³/mol. The van der Waals surface area contributed by atoms with Gasteiger partial charge in [0.05, 0.1) is 6.04 Å². The van der Waals surface area contributed by atoms with Crippen molar-refractivity contribution in [1.29, 1.82) is 0 Å². The van der Waals surface area contributed by atoms with Gasteiger partial charge in [-0.05, 0) is 35.4 Å². The van der Waals surface area contributed by atoms with Gasteiger partial charge in [-0.2, -0.15) is 13.2 Å². The van der Waals surface area contributed by atoms with Gasteiger partial charge in [0, 0.05) is 17.4 Å². The summed E-state index contributed by atoms with van der Waals surface area (Å²) in [6.45, 7) is 0. The van der Waals surface area contributed by atoms with Crippen LogP contribution in [0.15, 0.2) is 48.8 Å². The Kier molecular flexibility index (Phi) is 6.33. The van der Waals surface area contributed by atoms with E-state index in [1.165, 1.54) is 0 Å². The Morgan fingerprint density at radius 1 is 1.09 bits per heavy atom. The van der Waals surface area contributed by atoms with Gasteiger partial charge in [-0.15, -0.1) is 0 Å². The van der Waals surface area contributed by atoms with Crippen LogP contribution in [0.5, 0.6) is 0 Å². The van der Waals surface area contributed by atoms with E-state index in [1.807, 2.05) is 36.4 Å². The molecule has 0 bridgehead atoms. The molecule has 1 aromatic carbocycles. The van der Waals surface area contributed by atoms with Crippen LogP contribution in [0.2, 0.25) is 5.02 Å². The molecule has 1 unspecified atom stereocenters. The van der Waals surface area contributed by atoms with Gasteiger partial charge in [-0.1, -0.05) is 23.7 Å². The molecule has 0 saturated heterocycles. The minimum atomic E-state index is -5.08. The van der Waals surface area contributed by atoms with Crippen LogP contribution in [0, 0.1) is 0 Å². The second-order valence-corrected chi connectivity index (χ2v) is 4.55. The molecule has 1 atom stereocenters. The van der Waals surface area contributed by atoms with Crippen molar-refractivity contribution in [3.63, 3.8) is 0 Å². The van der Waals surface area contributed by atoms with Crippen LogP contribution in [-0.2, 0) is 4.79 Å². The highest BCUT2D eigenvalue weighted by atomic mass is 35.5. The van der Waals surface area contributed by atoms with E-state index in [-0.39, 0.29) is 6.04 Å². The summed E-state index contributed by atoms with van der Waals surface area (Å²) in [5.41, 5.74) is 8.19. The summed E-state index contributed by atoms with van der Waals surface area (Å²) >= 11 is 5.81. The van der Waals surface area contributed by atoms with E-state index < -0.39 is 12.1 Å². The van der Waals surface area contributed by atoms with Gasteiger partial charge >= 0.3 is 12.1 Å². The molecule has 4 nitrogen and oxygen atoms in total. The fraction of sp³-hybridized carbons (Fsp3) is 0.143. The van der Waals surface area contributed by atoms with Gasteiger partial charge < -0.3 is 10.8 Å². The highest BCUT2D eigenvalue weighted by Gasteiger charge is 2.38. The van der Waals surface area contributed by atoms with Crippen LogP contribution in [0.3, 0.4) is 0 Å². The van der Waals surface area contributed by atoms with Gasteiger partial charge in [0.1, 0.15) is 0 Å². The van der Waals surface area contributed by atoms with Crippen LogP contribution in [-0.4, -0.2) is 22.2 Å². The number of benzene rings is 1. The topological polar surface area (TPSA) is 76.2 Å². The highest BCUT2D eigenvalue weighted by Crippen LogP contribution is 2.20. The number of rotatable bonds is 2. The monoisotopic (exact) mass is 332 g/mol. The molecule has 1 aromatic heterocycles. The highest BCUT2D eigenvalue weighted by molar-refractivity contribution is 6.30. The lowest BCUT2D eigenvalue weighted by atomic mass is 10.0. The van der Waals surface area contributed by atoms with E-state index >= 15 is 0 Å². The summed E-state index contributed by atoms with van der Waals surface area (Å²) in [5, 5.41) is 7.85. The molecule has 0 aliphatic carbocycles. The van der Waals surface area contributed by atoms with Gasteiger partial charge in [0.15, 0.2) is 0 Å². The molecule has 0 radical (unpaired) electrons. The quantitative estimate of drug-likeness (QED) is 0.883. The largest absolute Gasteiger partial charge is 0.490 e. The third-order valence-corrected chi connectivity index (χ3v) is 2.79. The second kappa shape index (κ2) is 7.77. The van der Waals surface area contributed by atoms with Crippen LogP contribution >= 0.6 is 11.6 Å². The third kappa shape index (κ3) is 5.71. The smallest absolute Gasteiger partial charge is 0.475 e. The number of hydrogen-bond donors (Lipinski definition) is 2. The van der Waals surface area contributed by atoms with Gasteiger partial charge in [-0.3, -0.25) is 4.98 Å². The molecule has 0 fully saturated rings. The number of carbonyl (C=O) groups is 1. The predicted octanol–water partition coefficient (Wildman–Crippen LogP) is 3.42. The minimum absolute atomic E-state index is 0.120. The number of aliphatic carboxylic acids is 1. The molecule has 1 heterocycles. The van der Waals surface area contributed by atoms with Crippen LogP contribution in [0.25, 0.3) is 0 Å². The molecule has 8 heteroatoms. The number of pyridine rings is 1. The maximum atomic E-state index is 10.6. The van der Waals surface area contributed by atoms with E-state index in [1.54, 1.807) is 12.4 Å². The molecular formula is C14H12ClF3N2O2. The molecule has 0 aliphatic rings. The maximum absolute atomic E-state index is 10.6. The Labute approximate surface area is 129 Å². The summed E-state index contributed by atoms with van der Waals surface area (Å²) in [6, 6.07) is 11.3. The zero-order valence-corrected chi connectivity index (χ0v) is 11.8. The van der Waals surface area contributed by atoms with Crippen LogP contribution in [0.1, 0.15) is 17.2 Å². The molecular weight excluding hydrogens is 321 g/mol. The summed E-state index contributed by atoms with van der Waals surface area (Å²) < 4.78 is 31.7. The number of halogens is 4. The van der Waals surface area contributed by atoms with Crippen molar-refractivity contribution < 1.29 is 23.1 Å². The Balaban J connectivity index is 0.000000295. The molecule has 3 N–H and O–H groups in total. The van der Waals surface area contributed by atoms with E-state index in [0.717, 1.165) is 16.1 Å². The second-order valence-electron chi connectivity index (χ2n) is 4.11. The van der Waals surface area contributed by atoms with Gasteiger partial charge in [0.25, 0.3) is 0 Å². The maximum Gasteiger partial charge on any atom is 0.490 e. The average Bonchev–Trinajstić information content (AvgIpc) is 2.48. The van der Waals surface area contributed by atoms with Crippen molar-refractivity contribution in [3.05, 3.63) is 64.9 Å². The zero-order valence-electron chi connectivity index (χ0n) is 11.1. The normalized spacial score (nSPS) is 12.0. The fourth-order valence-electron chi connectivity index (χ4n) is 1.43. The number of hydrogen-bond acceptors (Lipinski definition) is 3. The standard InChI is InChI=1S/C12H11ClN2.C2HF3O2/c13-11-3-1-9(2-4-11)12(14)10-5-7-15-8-6-10;3-2(4,5)1(6)7/h1-8,12H,14H2;(H,6,7). The first-order chi connectivity index (χ1) is 10.2. The minimum Gasteiger partial charge on any atom is -0.475 e. The molecule has 118 valence electrons. The van der Waals surface area contributed by atoms with E-state index in [4.69, 9.17) is 27.2 Å². The number of alkyl halides is 3. The summed E-state index contributed by atoms with van der Waals surface area (Å²) in [6.07, 6.45) is -1.60. The molecule has 2 aromatic rings. The molecule has 0 spiro atoms. The van der Waals surface area contributed by atoms with Crippen molar-refractivity contribution in [1.82, 2.24) is 4.98 Å². The average molecular weight is 333 g/mol. The summed E-state index contributed by atoms with van der Waals surface area (Å²) in [7, 11) is 0. The summed E-state index contributed by atoms with van der Waals surface area (Å²) in [4.78, 5) is 12.9. The van der Waals surface area contributed by atoms with Gasteiger partial charge in [0.2, 0.25) is 0 Å². The van der Waals surface area contributed by atoms with E-state index in [2.05, 4.69) is 4.98 Å². The molecule has 2 rings (SSSR count). The van der Waals surface area contributed by atoms with E-state index in [9.17, 15) is 13.2 Å². The lowest BCUT2D eigenvalue weighted by Gasteiger charge is -2.11. The van der Waals surface area contributed by atoms with Crippen LogP contribution in [0.4, 0.5) is 13.2 Å². The Hall–Kier alpha value is -2.12. The Bertz CT molecular complexity index is 604. The van der Waals surface area contributed by atoms with E-state index in [0.29, 0.717) is 0 Å². The SMILES string of the molecule is NC(c1ccncc1)c1ccc(Cl)cc1.O=C(O)C(F)(F)F. The van der Waals surface area contributed by atoms with Crippen LogP contribution < -0.4 is 5.73 Å². The molecule has 0 saturated carbocycles. The lowest BCUT2D eigenvalue weighted by Crippen LogP contribution is -2.21. The number of nitrogens with zero attached hydrogens (tertiary/aromatic N) is 1.